The first-order valence-corrected chi connectivity index (χ1v) is 8.88. The first-order chi connectivity index (χ1) is 10.0. The smallest absolute Gasteiger partial charge is 0.177 e. The summed E-state index contributed by atoms with van der Waals surface area (Å²) in [6.45, 7) is 0. The van der Waals surface area contributed by atoms with Gasteiger partial charge in [-0.2, -0.15) is 0 Å². The molecule has 2 atom stereocenters. The van der Waals surface area contributed by atoms with Gasteiger partial charge in [0.15, 0.2) is 5.78 Å². The van der Waals surface area contributed by atoms with E-state index in [0.29, 0.717) is 5.56 Å². The summed E-state index contributed by atoms with van der Waals surface area (Å²) in [7, 11) is 1.62. The molecule has 0 saturated heterocycles. The van der Waals surface area contributed by atoms with Gasteiger partial charge in [0, 0.05) is 5.56 Å². The highest BCUT2D eigenvalue weighted by Gasteiger charge is 2.26. The Morgan fingerprint density at radius 1 is 1.10 bits per heavy atom. The van der Waals surface area contributed by atoms with Gasteiger partial charge in [-0.05, 0) is 33.6 Å². The van der Waals surface area contributed by atoms with Crippen LogP contribution < -0.4 is 4.74 Å². The Bertz CT molecular complexity index is 629. The van der Waals surface area contributed by atoms with Crippen LogP contribution in [0.1, 0.15) is 20.7 Å². The molecule has 2 rings (SSSR count). The van der Waals surface area contributed by atoms with E-state index in [1.54, 1.807) is 7.11 Å². The van der Waals surface area contributed by atoms with Crippen LogP contribution in [0.4, 0.5) is 0 Å². The fraction of sp³-hybridized carbons (Fsp3) is 0.188. The van der Waals surface area contributed by atoms with Crippen molar-refractivity contribution in [3.63, 3.8) is 0 Å². The monoisotopic (exact) mass is 474 g/mol. The molecule has 0 spiro atoms. The molecule has 0 heterocycles. The molecular weight excluding hydrogens is 464 g/mol. The fourth-order valence-electron chi connectivity index (χ4n) is 1.92. The van der Waals surface area contributed by atoms with Gasteiger partial charge in [0.25, 0.3) is 0 Å². The van der Waals surface area contributed by atoms with Gasteiger partial charge in [-0.1, -0.05) is 68.3 Å². The number of carbonyl (C=O) groups excluding carboxylic acids is 1. The summed E-state index contributed by atoms with van der Waals surface area (Å²) in [6.07, 6.45) is 0. The lowest BCUT2D eigenvalue weighted by molar-refractivity contribution is 0.0991. The molecule has 0 aromatic heterocycles. The lowest BCUT2D eigenvalue weighted by Crippen LogP contribution is -2.19. The molecule has 0 aliphatic carbocycles. The van der Waals surface area contributed by atoms with Gasteiger partial charge in [0.2, 0.25) is 0 Å². The zero-order valence-corrected chi connectivity index (χ0v) is 16.0. The van der Waals surface area contributed by atoms with E-state index in [2.05, 4.69) is 47.8 Å². The minimum Gasteiger partial charge on any atom is -0.496 e. The number of ether oxygens (including phenoxy) is 1. The number of hydrogen-bond donors (Lipinski definition) is 0. The molecule has 0 radical (unpaired) electrons. The molecule has 21 heavy (non-hydrogen) atoms. The summed E-state index contributed by atoms with van der Waals surface area (Å²) >= 11 is 10.6. The van der Waals surface area contributed by atoms with Crippen molar-refractivity contribution in [2.75, 3.05) is 7.11 Å². The Balaban J connectivity index is 2.21. The largest absolute Gasteiger partial charge is 0.496 e. The Kier molecular flexibility index (Phi) is 6.02. The molecule has 0 aliphatic heterocycles. The Hall–Kier alpha value is -0.650. The van der Waals surface area contributed by atoms with Crippen LogP contribution in [-0.2, 0) is 0 Å². The Labute approximate surface area is 149 Å². The van der Waals surface area contributed by atoms with E-state index in [9.17, 15) is 4.79 Å². The number of rotatable bonds is 5. The molecule has 2 aromatic rings. The van der Waals surface area contributed by atoms with Crippen molar-refractivity contribution in [2.45, 2.75) is 9.65 Å². The second-order valence-corrected chi connectivity index (χ2v) is 7.26. The van der Waals surface area contributed by atoms with Gasteiger partial charge >= 0.3 is 0 Å². The average Bonchev–Trinajstić information content (AvgIpc) is 2.53. The Morgan fingerprint density at radius 3 is 2.33 bits per heavy atom. The molecule has 0 fully saturated rings. The molecule has 0 bridgehead atoms. The van der Waals surface area contributed by atoms with E-state index in [4.69, 9.17) is 4.74 Å². The number of alkyl halides is 2. The third kappa shape index (κ3) is 3.96. The van der Waals surface area contributed by atoms with Gasteiger partial charge in [0.1, 0.15) is 5.75 Å². The third-order valence-electron chi connectivity index (χ3n) is 3.06. The van der Waals surface area contributed by atoms with Crippen LogP contribution in [0, 0.1) is 0 Å². The van der Waals surface area contributed by atoms with Gasteiger partial charge in [-0.3, -0.25) is 4.79 Å². The Morgan fingerprint density at radius 2 is 1.76 bits per heavy atom. The van der Waals surface area contributed by atoms with Crippen LogP contribution in [0.25, 0.3) is 0 Å². The van der Waals surface area contributed by atoms with E-state index in [1.807, 2.05) is 48.5 Å². The summed E-state index contributed by atoms with van der Waals surface area (Å²) in [5.74, 6) is 0.809. The zero-order valence-electron chi connectivity index (χ0n) is 11.2. The first kappa shape index (κ1) is 16.7. The standard InChI is InChI=1S/C16H13Br3O2/c1-21-13-8-7-11(9-12(13)17)14(18)15(19)16(20)10-5-3-2-4-6-10/h2-9,14-15H,1H3/t14-,15+/m0/s1. The van der Waals surface area contributed by atoms with E-state index in [-0.39, 0.29) is 15.4 Å². The lowest BCUT2D eigenvalue weighted by Gasteiger charge is -2.17. The molecular formula is C16H13Br3O2. The number of methoxy groups -OCH3 is 1. The summed E-state index contributed by atoms with van der Waals surface area (Å²) < 4.78 is 6.08. The fourth-order valence-corrected chi connectivity index (χ4v) is 3.57. The van der Waals surface area contributed by atoms with Gasteiger partial charge in [-0.15, -0.1) is 0 Å². The number of carbonyl (C=O) groups is 1. The molecule has 5 heteroatoms. The maximum absolute atomic E-state index is 12.5. The van der Waals surface area contributed by atoms with E-state index in [1.165, 1.54) is 0 Å². The van der Waals surface area contributed by atoms with Crippen molar-refractivity contribution in [2.24, 2.45) is 0 Å². The zero-order chi connectivity index (χ0) is 15.4. The molecule has 110 valence electrons. The van der Waals surface area contributed by atoms with Crippen molar-refractivity contribution in [1.29, 1.82) is 0 Å². The van der Waals surface area contributed by atoms with Crippen molar-refractivity contribution in [3.05, 3.63) is 64.1 Å². The normalized spacial score (nSPS) is 13.5. The molecule has 0 saturated carbocycles. The van der Waals surface area contributed by atoms with E-state index in [0.717, 1.165) is 15.8 Å². The third-order valence-corrected chi connectivity index (χ3v) is 6.39. The second-order valence-electron chi connectivity index (χ2n) is 4.43. The van der Waals surface area contributed by atoms with Crippen molar-refractivity contribution < 1.29 is 9.53 Å². The van der Waals surface area contributed by atoms with Crippen LogP contribution in [0.2, 0.25) is 0 Å². The lowest BCUT2D eigenvalue weighted by atomic mass is 10.0. The number of Topliss-reactive ketones (excluding diaryl/α,β-unsaturated/α-hetero) is 1. The highest BCUT2D eigenvalue weighted by Crippen LogP contribution is 2.36. The molecule has 2 nitrogen and oxygen atoms in total. The van der Waals surface area contributed by atoms with E-state index >= 15 is 0 Å². The quantitative estimate of drug-likeness (QED) is 0.418. The second kappa shape index (κ2) is 7.56. The highest BCUT2D eigenvalue weighted by atomic mass is 79.9. The SMILES string of the molecule is COc1ccc([C@H](Br)[C@@H](Br)C(=O)c2ccccc2)cc1Br. The molecule has 0 aliphatic rings. The van der Waals surface area contributed by atoms with Crippen LogP contribution >= 0.6 is 47.8 Å². The summed E-state index contributed by atoms with van der Waals surface area (Å²) in [4.78, 5) is 12.0. The maximum Gasteiger partial charge on any atom is 0.177 e. The highest BCUT2D eigenvalue weighted by molar-refractivity contribution is 9.12. The molecule has 0 N–H and O–H groups in total. The average molecular weight is 477 g/mol. The summed E-state index contributed by atoms with van der Waals surface area (Å²) in [5, 5.41) is 0. The number of benzene rings is 2. The van der Waals surface area contributed by atoms with Crippen molar-refractivity contribution in [1.82, 2.24) is 0 Å². The number of ketones is 1. The van der Waals surface area contributed by atoms with Crippen LogP contribution in [0.3, 0.4) is 0 Å². The summed E-state index contributed by atoms with van der Waals surface area (Å²) in [5.41, 5.74) is 1.69. The maximum atomic E-state index is 12.5. The van der Waals surface area contributed by atoms with Gasteiger partial charge < -0.3 is 4.74 Å². The molecule has 0 amide bonds. The number of halogens is 3. The summed E-state index contributed by atoms with van der Waals surface area (Å²) in [6, 6.07) is 15.0. The molecule has 0 unspecified atom stereocenters. The minimum atomic E-state index is -0.347. The first-order valence-electron chi connectivity index (χ1n) is 6.25. The number of hydrogen-bond acceptors (Lipinski definition) is 2. The minimum absolute atomic E-state index is 0.0458. The van der Waals surface area contributed by atoms with Crippen LogP contribution in [-0.4, -0.2) is 17.7 Å². The van der Waals surface area contributed by atoms with Crippen LogP contribution in [0.5, 0.6) is 5.75 Å². The van der Waals surface area contributed by atoms with Crippen molar-refractivity contribution in [3.8, 4) is 5.75 Å². The van der Waals surface area contributed by atoms with E-state index < -0.39 is 0 Å². The van der Waals surface area contributed by atoms with Gasteiger partial charge in [0.05, 0.1) is 21.2 Å². The predicted molar refractivity (Wildman–Crippen MR) is 95.8 cm³/mol. The predicted octanol–water partition coefficient (Wildman–Crippen LogP) is 5.54. The molecule has 2 aromatic carbocycles. The van der Waals surface area contributed by atoms with Crippen LogP contribution in [0.15, 0.2) is 53.0 Å². The topological polar surface area (TPSA) is 26.3 Å². The van der Waals surface area contributed by atoms with Crippen molar-refractivity contribution >= 4 is 53.6 Å². The van der Waals surface area contributed by atoms with Gasteiger partial charge in [-0.25, -0.2) is 0 Å².